The Morgan fingerprint density at radius 1 is 1.06 bits per heavy atom. The van der Waals surface area contributed by atoms with E-state index in [0.29, 0.717) is 70.4 Å². The van der Waals surface area contributed by atoms with Gasteiger partial charge < -0.3 is 29.4 Å². The number of carbonyl (C=O) groups excluding carboxylic acids is 2. The van der Waals surface area contributed by atoms with Gasteiger partial charge in [-0.3, -0.25) is 9.59 Å². The van der Waals surface area contributed by atoms with Gasteiger partial charge in [-0.15, -0.1) is 0 Å². The molecule has 1 saturated carbocycles. The van der Waals surface area contributed by atoms with E-state index in [1.54, 1.807) is 13.2 Å². The highest BCUT2D eigenvalue weighted by molar-refractivity contribution is 7.87. The normalized spacial score (nSPS) is 18.8. The van der Waals surface area contributed by atoms with Crippen LogP contribution in [0.25, 0.3) is 22.2 Å². The van der Waals surface area contributed by atoms with Crippen molar-refractivity contribution in [3.05, 3.63) is 65.0 Å². The fraction of sp³-hybridized carbons (Fsp3) is 0.514. The number of nitrogens with two attached hydrogens (primary N) is 1. The molecule has 50 heavy (non-hydrogen) atoms. The Morgan fingerprint density at radius 2 is 1.82 bits per heavy atom. The monoisotopic (exact) mass is 707 g/mol. The van der Waals surface area contributed by atoms with Crippen LogP contribution >= 0.6 is 0 Å². The second kappa shape index (κ2) is 15.4. The van der Waals surface area contributed by atoms with Crippen LogP contribution in [0.4, 0.5) is 0 Å². The number of amides is 2. The lowest BCUT2D eigenvalue weighted by atomic mass is 9.81. The van der Waals surface area contributed by atoms with Gasteiger partial charge in [-0.25, -0.2) is 4.72 Å². The van der Waals surface area contributed by atoms with Gasteiger partial charge >= 0.3 is 10.2 Å². The maximum absolute atomic E-state index is 13.3. The molecule has 3 aliphatic rings. The molecule has 3 heterocycles. The van der Waals surface area contributed by atoms with Gasteiger partial charge in [0.05, 0.1) is 32.6 Å². The van der Waals surface area contributed by atoms with Crippen molar-refractivity contribution >= 4 is 32.9 Å². The van der Waals surface area contributed by atoms with E-state index in [-0.39, 0.29) is 17.4 Å². The highest BCUT2D eigenvalue weighted by Gasteiger charge is 2.32. The van der Waals surface area contributed by atoms with Crippen molar-refractivity contribution in [2.75, 3.05) is 54.1 Å². The Bertz CT molecular complexity index is 1860. The molecule has 3 aromatic rings. The standard InChI is InChI=1S/C37H49N5O7S/c1-40(2)50(45,46)39-37(44)27-9-12-32-33(21-27)42-23-25(24-49-30(22-38)11-14-34(43)41-15-17-48-18-16-41)19-28-20-29(47-3)10-13-31(28)36(42)35(32)26-7-5-4-6-8-26/h9-10,12-13,20-22,25-26H,4-8,11,14-19,23-24,38H2,1-3H3,(H,39,44)/b30-22-/t25-/m0/s1. The number of morpholine rings is 1. The Hall–Kier alpha value is -4.07. The van der Waals surface area contributed by atoms with Gasteiger partial charge in [0.2, 0.25) is 5.91 Å². The quantitative estimate of drug-likeness (QED) is 0.277. The van der Waals surface area contributed by atoms with Crippen LogP contribution in [0, 0.1) is 5.92 Å². The van der Waals surface area contributed by atoms with E-state index in [0.717, 1.165) is 63.5 Å². The van der Waals surface area contributed by atoms with E-state index in [4.69, 9.17) is 19.9 Å². The van der Waals surface area contributed by atoms with E-state index in [9.17, 15) is 18.0 Å². The molecule has 6 rings (SSSR count). The first-order valence-electron chi connectivity index (χ1n) is 17.6. The average Bonchev–Trinajstić information content (AvgIpc) is 3.34. The average molecular weight is 708 g/mol. The summed E-state index contributed by atoms with van der Waals surface area (Å²) in [5, 5.41) is 1.08. The molecule has 2 aromatic carbocycles. The molecule has 13 heteroatoms. The summed E-state index contributed by atoms with van der Waals surface area (Å²) >= 11 is 0. The van der Waals surface area contributed by atoms with Crippen LogP contribution in [0.3, 0.4) is 0 Å². The van der Waals surface area contributed by atoms with E-state index in [1.807, 2.05) is 23.1 Å². The molecule has 0 radical (unpaired) electrons. The third-order valence-electron chi connectivity index (χ3n) is 10.2. The zero-order valence-electron chi connectivity index (χ0n) is 29.3. The predicted molar refractivity (Wildman–Crippen MR) is 192 cm³/mol. The smallest absolute Gasteiger partial charge is 0.303 e. The Morgan fingerprint density at radius 3 is 2.52 bits per heavy atom. The van der Waals surface area contributed by atoms with Crippen molar-refractivity contribution in [1.82, 2.24) is 18.5 Å². The highest BCUT2D eigenvalue weighted by Crippen LogP contribution is 2.47. The van der Waals surface area contributed by atoms with Crippen molar-refractivity contribution in [2.45, 2.75) is 63.8 Å². The number of hydrogen-bond acceptors (Lipinski definition) is 8. The lowest BCUT2D eigenvalue weighted by Crippen LogP contribution is -2.40. The van der Waals surface area contributed by atoms with Gasteiger partial charge in [-0.1, -0.05) is 25.3 Å². The third-order valence-corrected chi connectivity index (χ3v) is 11.6. The van der Waals surface area contributed by atoms with Gasteiger partial charge in [0.1, 0.15) is 11.5 Å². The van der Waals surface area contributed by atoms with Crippen molar-refractivity contribution in [3.63, 3.8) is 0 Å². The molecule has 1 atom stereocenters. The van der Waals surface area contributed by atoms with Gasteiger partial charge in [0.25, 0.3) is 5.91 Å². The molecular formula is C37H49N5O7S. The summed E-state index contributed by atoms with van der Waals surface area (Å²) in [6.07, 6.45) is 8.58. The Labute approximate surface area is 294 Å². The number of nitrogens with zero attached hydrogens (tertiary/aromatic N) is 3. The largest absolute Gasteiger partial charge is 0.497 e. The Balaban J connectivity index is 1.36. The fourth-order valence-electron chi connectivity index (χ4n) is 7.54. The lowest BCUT2D eigenvalue weighted by molar-refractivity contribution is -0.135. The van der Waals surface area contributed by atoms with Crippen molar-refractivity contribution in [1.29, 1.82) is 0 Å². The minimum Gasteiger partial charge on any atom is -0.497 e. The number of rotatable bonds is 11. The summed E-state index contributed by atoms with van der Waals surface area (Å²) < 4.78 is 47.9. The maximum Gasteiger partial charge on any atom is 0.303 e. The second-order valence-electron chi connectivity index (χ2n) is 13.7. The molecule has 0 unspecified atom stereocenters. The molecule has 1 saturated heterocycles. The molecule has 2 fully saturated rings. The maximum atomic E-state index is 13.3. The molecule has 3 N–H and O–H groups in total. The molecule has 0 spiro atoms. The number of carbonyl (C=O) groups is 2. The van der Waals surface area contributed by atoms with Crippen LogP contribution in [-0.2, 0) is 37.4 Å². The molecule has 1 aromatic heterocycles. The first kappa shape index (κ1) is 35.7. The first-order chi connectivity index (χ1) is 24.1. The summed E-state index contributed by atoms with van der Waals surface area (Å²) in [6.45, 7) is 3.26. The van der Waals surface area contributed by atoms with Crippen LogP contribution < -0.4 is 15.2 Å². The van der Waals surface area contributed by atoms with E-state index < -0.39 is 16.1 Å². The Kier molecular flexibility index (Phi) is 11.0. The lowest BCUT2D eigenvalue weighted by Gasteiger charge is -2.27. The molecule has 270 valence electrons. The van der Waals surface area contributed by atoms with E-state index >= 15 is 0 Å². The molecular weight excluding hydrogens is 659 g/mol. The van der Waals surface area contributed by atoms with Crippen molar-refractivity contribution in [3.8, 4) is 17.0 Å². The number of fused-ring (bicyclic) bond motifs is 5. The van der Waals surface area contributed by atoms with Crippen molar-refractivity contribution < 1.29 is 32.2 Å². The topological polar surface area (TPSA) is 145 Å². The summed E-state index contributed by atoms with van der Waals surface area (Å²) in [7, 11) is 0.457. The zero-order valence-corrected chi connectivity index (χ0v) is 30.1. The number of aromatic nitrogens is 1. The van der Waals surface area contributed by atoms with Crippen LogP contribution in [0.15, 0.2) is 48.4 Å². The van der Waals surface area contributed by atoms with Crippen LogP contribution in [0.5, 0.6) is 5.75 Å². The predicted octanol–water partition coefficient (Wildman–Crippen LogP) is 4.53. The SMILES string of the molecule is COc1ccc2c(c1)C[C@H](CO/C(=C\N)CCC(=O)N1CCOCC1)Cn1c-2c(C2CCCCC2)c2ccc(C(=O)NS(=O)(=O)N(C)C)cc21. The third kappa shape index (κ3) is 7.64. The number of nitrogens with one attached hydrogen (secondary N) is 1. The number of allylic oxidation sites excluding steroid dienone is 1. The molecule has 2 amide bonds. The van der Waals surface area contributed by atoms with Gasteiger partial charge in [0.15, 0.2) is 0 Å². The summed E-state index contributed by atoms with van der Waals surface area (Å²) in [6, 6.07) is 11.8. The minimum absolute atomic E-state index is 0.00779. The number of benzene rings is 2. The number of hydrogen-bond donors (Lipinski definition) is 2. The summed E-state index contributed by atoms with van der Waals surface area (Å²) in [5.41, 5.74) is 11.8. The van der Waals surface area contributed by atoms with Crippen molar-refractivity contribution in [2.24, 2.45) is 11.7 Å². The molecule has 1 aliphatic carbocycles. The minimum atomic E-state index is -3.97. The molecule has 12 nitrogen and oxygen atoms in total. The van der Waals surface area contributed by atoms with Gasteiger partial charge in [-0.05, 0) is 66.6 Å². The van der Waals surface area contributed by atoms with E-state index in [1.165, 1.54) is 32.3 Å². The first-order valence-corrected chi connectivity index (χ1v) is 19.0. The zero-order chi connectivity index (χ0) is 35.4. The fourth-order valence-corrected chi connectivity index (χ4v) is 8.08. The second-order valence-corrected chi connectivity index (χ2v) is 15.6. The highest BCUT2D eigenvalue weighted by atomic mass is 32.2. The van der Waals surface area contributed by atoms with Crippen LogP contribution in [0.1, 0.15) is 72.3 Å². The van der Waals surface area contributed by atoms with Gasteiger partial charge in [-0.2, -0.15) is 12.7 Å². The number of methoxy groups -OCH3 is 1. The summed E-state index contributed by atoms with van der Waals surface area (Å²) in [4.78, 5) is 27.9. The molecule has 2 aliphatic heterocycles. The van der Waals surface area contributed by atoms with E-state index in [2.05, 4.69) is 21.4 Å². The molecule has 0 bridgehead atoms. The number of ether oxygens (including phenoxy) is 3. The van der Waals surface area contributed by atoms with Gasteiger partial charge in [0, 0.05) is 80.7 Å². The summed E-state index contributed by atoms with van der Waals surface area (Å²) in [5.74, 6) is 1.09. The van der Waals surface area contributed by atoms with Crippen LogP contribution in [0.2, 0.25) is 0 Å². The van der Waals surface area contributed by atoms with Crippen LogP contribution in [-0.4, -0.2) is 88.1 Å².